The summed E-state index contributed by atoms with van der Waals surface area (Å²) in [6, 6.07) is 36.5. The van der Waals surface area contributed by atoms with Gasteiger partial charge in [0.05, 0.1) is 47.6 Å². The molecular weight excluding hydrogens is 580 g/mol. The van der Waals surface area contributed by atoms with E-state index in [1.807, 2.05) is 48.5 Å². The van der Waals surface area contributed by atoms with Gasteiger partial charge in [-0.05, 0) is 95.1 Å². The van der Waals surface area contributed by atoms with Gasteiger partial charge in [0.2, 0.25) is 0 Å². The largest absolute Gasteiger partial charge is 0.309 e. The van der Waals surface area contributed by atoms with Gasteiger partial charge in [-0.1, -0.05) is 24.3 Å². The lowest BCUT2D eigenvalue weighted by molar-refractivity contribution is 1.13. The molecule has 8 heteroatoms. The van der Waals surface area contributed by atoms with Crippen LogP contribution < -0.4 is 0 Å². The third-order valence-corrected chi connectivity index (χ3v) is 7.95. The molecule has 0 saturated carbocycles. The van der Waals surface area contributed by atoms with E-state index in [1.165, 1.54) is 12.4 Å². The normalized spacial score (nSPS) is 10.4. The predicted molar refractivity (Wildman–Crippen MR) is 179 cm³/mol. The number of benzene rings is 5. The molecule has 0 bridgehead atoms. The zero-order valence-electron chi connectivity index (χ0n) is 24.5. The fourth-order valence-corrected chi connectivity index (χ4v) is 5.84. The second-order valence-corrected chi connectivity index (χ2v) is 10.7. The fraction of sp³-hybridized carbons (Fsp3) is 0. The van der Waals surface area contributed by atoms with Gasteiger partial charge in [0.15, 0.2) is 17.2 Å². The first-order valence-electron chi connectivity index (χ1n) is 14.3. The van der Waals surface area contributed by atoms with Crippen molar-refractivity contribution in [3.05, 3.63) is 149 Å². The Balaban J connectivity index is 1.53. The Labute approximate surface area is 269 Å². The molecule has 214 valence electrons. The van der Waals surface area contributed by atoms with Crippen molar-refractivity contribution in [3.8, 4) is 57.5 Å². The molecule has 0 unspecified atom stereocenters. The number of hydrogen-bond acceptors (Lipinski definition) is 5. The zero-order chi connectivity index (χ0) is 32.5. The lowest BCUT2D eigenvalue weighted by atomic mass is 9.98. The van der Waals surface area contributed by atoms with Gasteiger partial charge in [0.1, 0.15) is 6.07 Å². The molecule has 2 aromatic heterocycles. The maximum absolute atomic E-state index is 9.61. The molecule has 0 atom stereocenters. The van der Waals surface area contributed by atoms with E-state index >= 15 is 0 Å². The van der Waals surface area contributed by atoms with E-state index < -0.39 is 0 Å². The summed E-state index contributed by atoms with van der Waals surface area (Å²) >= 11 is 0. The Bertz CT molecular complexity index is 2430. The minimum Gasteiger partial charge on any atom is -0.309 e. The van der Waals surface area contributed by atoms with Crippen LogP contribution in [0.3, 0.4) is 0 Å². The first-order valence-corrected chi connectivity index (χ1v) is 14.3. The van der Waals surface area contributed by atoms with Gasteiger partial charge in [-0.3, -0.25) is 0 Å². The number of fused-ring (bicyclic) bond motifs is 3. The predicted octanol–water partition coefficient (Wildman–Crippen LogP) is 9.29. The van der Waals surface area contributed by atoms with Crippen molar-refractivity contribution in [2.75, 3.05) is 0 Å². The Kier molecular flexibility index (Phi) is 6.90. The standard InChI is InChI=1S/C39H18N8/c1-43-31-13-24(19-40)11-29(15-31)27-7-9-37-34(17-27)35-18-28(30-12-25(20-41)14-32(16-30)44-2)8-10-38(35)47(37)36-6-4-3-5-33(36)39-45-22-26(21-42)23-46-39/h3-18,22-23H. The minimum atomic E-state index is 0.367. The molecule has 5 aromatic carbocycles. The van der Waals surface area contributed by atoms with Gasteiger partial charge >= 0.3 is 0 Å². The molecule has 0 aliphatic carbocycles. The number of para-hydroxylation sites is 1. The van der Waals surface area contributed by atoms with Crippen LogP contribution in [-0.2, 0) is 0 Å². The molecule has 0 aliphatic rings. The van der Waals surface area contributed by atoms with Crippen molar-refractivity contribution in [2.45, 2.75) is 0 Å². The highest BCUT2D eigenvalue weighted by Crippen LogP contribution is 2.40. The number of nitrogens with zero attached hydrogens (tertiary/aromatic N) is 8. The molecule has 0 N–H and O–H groups in total. The number of aromatic nitrogens is 3. The monoisotopic (exact) mass is 598 g/mol. The Morgan fingerprint density at radius 2 is 1.06 bits per heavy atom. The van der Waals surface area contributed by atoms with Crippen molar-refractivity contribution >= 4 is 33.2 Å². The van der Waals surface area contributed by atoms with E-state index in [4.69, 9.17) is 13.1 Å². The van der Waals surface area contributed by atoms with Gasteiger partial charge in [-0.2, -0.15) is 15.8 Å². The van der Waals surface area contributed by atoms with E-state index in [0.717, 1.165) is 55.3 Å². The molecular formula is C39H18N8. The van der Waals surface area contributed by atoms with Crippen LogP contribution in [0, 0.1) is 47.1 Å². The minimum absolute atomic E-state index is 0.367. The molecule has 0 radical (unpaired) electrons. The molecule has 0 saturated heterocycles. The van der Waals surface area contributed by atoms with Gasteiger partial charge in [0.25, 0.3) is 0 Å². The van der Waals surface area contributed by atoms with Gasteiger partial charge in [-0.25, -0.2) is 19.7 Å². The highest BCUT2D eigenvalue weighted by Gasteiger charge is 2.19. The number of hydrogen-bond donors (Lipinski definition) is 0. The first-order chi connectivity index (χ1) is 23.0. The smallest absolute Gasteiger partial charge is 0.189 e. The van der Waals surface area contributed by atoms with Crippen LogP contribution in [0.4, 0.5) is 11.4 Å². The summed E-state index contributed by atoms with van der Waals surface area (Å²) < 4.78 is 2.14. The van der Waals surface area contributed by atoms with Crippen molar-refractivity contribution < 1.29 is 0 Å². The van der Waals surface area contributed by atoms with Crippen LogP contribution in [0.25, 0.3) is 70.8 Å². The van der Waals surface area contributed by atoms with Crippen molar-refractivity contribution in [1.29, 1.82) is 15.8 Å². The number of nitriles is 3. The molecule has 7 aromatic rings. The number of rotatable bonds is 4. The maximum Gasteiger partial charge on any atom is 0.189 e. The van der Waals surface area contributed by atoms with E-state index in [2.05, 4.69) is 54.6 Å². The van der Waals surface area contributed by atoms with E-state index in [-0.39, 0.29) is 0 Å². The molecule has 0 fully saturated rings. The summed E-state index contributed by atoms with van der Waals surface area (Å²) in [5.74, 6) is 0.475. The van der Waals surface area contributed by atoms with Crippen molar-refractivity contribution in [1.82, 2.24) is 14.5 Å². The van der Waals surface area contributed by atoms with E-state index in [0.29, 0.717) is 33.9 Å². The first kappa shape index (κ1) is 28.2. The molecule has 0 aliphatic heterocycles. The summed E-state index contributed by atoms with van der Waals surface area (Å²) in [6.45, 7) is 15.1. The molecule has 8 nitrogen and oxygen atoms in total. The van der Waals surface area contributed by atoms with Gasteiger partial charge < -0.3 is 4.57 Å². The average molecular weight is 599 g/mol. The van der Waals surface area contributed by atoms with Crippen LogP contribution >= 0.6 is 0 Å². The molecule has 7 rings (SSSR count). The summed E-state index contributed by atoms with van der Waals surface area (Å²) in [5.41, 5.74) is 8.54. The van der Waals surface area contributed by atoms with E-state index in [1.54, 1.807) is 36.4 Å². The summed E-state index contributed by atoms with van der Waals surface area (Å²) in [5, 5.41) is 30.3. The van der Waals surface area contributed by atoms with E-state index in [9.17, 15) is 15.8 Å². The van der Waals surface area contributed by atoms with Crippen molar-refractivity contribution in [3.63, 3.8) is 0 Å². The van der Waals surface area contributed by atoms with Gasteiger partial charge in [-0.15, -0.1) is 0 Å². The lowest BCUT2D eigenvalue weighted by Crippen LogP contribution is -1.99. The Morgan fingerprint density at radius 1 is 0.553 bits per heavy atom. The SMILES string of the molecule is [C-]#[N+]c1cc(C#N)cc(-c2ccc3c(c2)c2cc(-c4cc(C#N)cc([N+]#[C-])c4)ccc2n3-c2ccccc2-c2ncc(C#N)cn2)c1. The third-order valence-electron chi connectivity index (χ3n) is 7.95. The highest BCUT2D eigenvalue weighted by molar-refractivity contribution is 6.12. The highest BCUT2D eigenvalue weighted by atomic mass is 15.0. The topological polar surface area (TPSA) is 111 Å². The average Bonchev–Trinajstić information content (AvgIpc) is 3.47. The van der Waals surface area contributed by atoms with Crippen LogP contribution in [-0.4, -0.2) is 14.5 Å². The van der Waals surface area contributed by atoms with Crippen LogP contribution in [0.1, 0.15) is 16.7 Å². The Hall–Kier alpha value is -7.57. The fourth-order valence-electron chi connectivity index (χ4n) is 5.84. The Morgan fingerprint density at radius 3 is 1.55 bits per heavy atom. The van der Waals surface area contributed by atoms with Gasteiger partial charge in [0, 0.05) is 39.9 Å². The van der Waals surface area contributed by atoms with Crippen molar-refractivity contribution in [2.24, 2.45) is 0 Å². The summed E-state index contributed by atoms with van der Waals surface area (Å²) in [6.07, 6.45) is 3.01. The quantitative estimate of drug-likeness (QED) is 0.188. The summed E-state index contributed by atoms with van der Waals surface area (Å²) in [7, 11) is 0. The lowest BCUT2D eigenvalue weighted by Gasteiger charge is -2.13. The maximum atomic E-state index is 9.61. The molecule has 0 amide bonds. The second kappa shape index (κ2) is 11.5. The molecule has 47 heavy (non-hydrogen) atoms. The third kappa shape index (κ3) is 4.96. The van der Waals surface area contributed by atoms with Crippen LogP contribution in [0.2, 0.25) is 0 Å². The van der Waals surface area contributed by atoms with Crippen LogP contribution in [0.5, 0.6) is 0 Å². The second-order valence-electron chi connectivity index (χ2n) is 10.7. The molecule has 0 spiro atoms. The summed E-state index contributed by atoms with van der Waals surface area (Å²) in [4.78, 5) is 16.1. The zero-order valence-corrected chi connectivity index (χ0v) is 24.5. The molecule has 2 heterocycles. The van der Waals surface area contributed by atoms with Crippen LogP contribution in [0.15, 0.2) is 109 Å².